The van der Waals surface area contributed by atoms with Crippen molar-refractivity contribution in [2.24, 2.45) is 0 Å². The minimum absolute atomic E-state index is 1.13. The molecule has 1 aromatic carbocycles. The van der Waals surface area contributed by atoms with Crippen LogP contribution in [-0.4, -0.2) is 8.07 Å². The summed E-state index contributed by atoms with van der Waals surface area (Å²) in [4.78, 5) is 0. The fourth-order valence-electron chi connectivity index (χ4n) is 1.77. The lowest BCUT2D eigenvalue weighted by molar-refractivity contribution is 1.31. The first-order valence-corrected chi connectivity index (χ1v) is 8.40. The minimum atomic E-state index is -1.13. The molecule has 0 aliphatic carbocycles. The summed E-state index contributed by atoms with van der Waals surface area (Å²) < 4.78 is 0. The van der Waals surface area contributed by atoms with Crippen molar-refractivity contribution in [3.63, 3.8) is 0 Å². The highest BCUT2D eigenvalue weighted by Gasteiger charge is 2.18. The zero-order valence-electron chi connectivity index (χ0n) is 9.65. The van der Waals surface area contributed by atoms with Gasteiger partial charge in [-0.05, 0) is 31.9 Å². The van der Waals surface area contributed by atoms with Gasteiger partial charge in [-0.25, -0.2) is 0 Å². The van der Waals surface area contributed by atoms with E-state index in [0.717, 1.165) is 0 Å². The third kappa shape index (κ3) is 2.22. The van der Waals surface area contributed by atoms with Crippen molar-refractivity contribution in [3.8, 4) is 0 Å². The van der Waals surface area contributed by atoms with Crippen LogP contribution in [0.1, 0.15) is 16.7 Å². The summed E-state index contributed by atoms with van der Waals surface area (Å²) in [7, 11) is -1.13. The standard InChI is InChI=1S/C12H20Si/c1-9-7-11(3)12(8-10(9)2)13(4,5)6/h7-8H,1-6H3. The smallest absolute Gasteiger partial charge is 0.0656 e. The second-order valence-corrected chi connectivity index (χ2v) is 10.0. The summed E-state index contributed by atoms with van der Waals surface area (Å²) in [5, 5.41) is 1.61. The van der Waals surface area contributed by atoms with Crippen LogP contribution in [0, 0.1) is 20.8 Å². The van der Waals surface area contributed by atoms with Crippen molar-refractivity contribution in [2.45, 2.75) is 40.4 Å². The zero-order chi connectivity index (χ0) is 10.2. The maximum Gasteiger partial charge on any atom is 0.0779 e. The van der Waals surface area contributed by atoms with Crippen molar-refractivity contribution in [2.75, 3.05) is 0 Å². The molecule has 0 unspecified atom stereocenters. The van der Waals surface area contributed by atoms with Crippen molar-refractivity contribution in [1.82, 2.24) is 0 Å². The van der Waals surface area contributed by atoms with E-state index in [1.54, 1.807) is 5.19 Å². The van der Waals surface area contributed by atoms with E-state index in [2.05, 4.69) is 52.5 Å². The molecule has 0 aliphatic heterocycles. The highest BCUT2D eigenvalue weighted by molar-refractivity contribution is 6.89. The lowest BCUT2D eigenvalue weighted by Gasteiger charge is -2.21. The highest BCUT2D eigenvalue weighted by Crippen LogP contribution is 2.12. The average molecular weight is 192 g/mol. The van der Waals surface area contributed by atoms with Crippen molar-refractivity contribution in [3.05, 3.63) is 28.8 Å². The molecule has 72 valence electrons. The third-order valence-corrected chi connectivity index (χ3v) is 4.80. The van der Waals surface area contributed by atoms with Crippen LogP contribution in [0.25, 0.3) is 0 Å². The maximum absolute atomic E-state index is 2.41. The Morgan fingerprint density at radius 2 is 1.23 bits per heavy atom. The molecule has 0 fully saturated rings. The Balaban J connectivity index is 3.32. The molecular formula is C12H20Si. The molecule has 0 amide bonds. The van der Waals surface area contributed by atoms with E-state index in [-0.39, 0.29) is 0 Å². The fraction of sp³-hybridized carbons (Fsp3) is 0.500. The first kappa shape index (κ1) is 10.5. The number of hydrogen-bond donors (Lipinski definition) is 0. The number of benzene rings is 1. The molecule has 0 spiro atoms. The summed E-state index contributed by atoms with van der Waals surface area (Å²) in [6.07, 6.45) is 0. The van der Waals surface area contributed by atoms with Crippen LogP contribution in [0.5, 0.6) is 0 Å². The summed E-state index contributed by atoms with van der Waals surface area (Å²) >= 11 is 0. The quantitative estimate of drug-likeness (QED) is 0.600. The molecular weight excluding hydrogens is 172 g/mol. The van der Waals surface area contributed by atoms with E-state index in [4.69, 9.17) is 0 Å². The molecule has 0 saturated heterocycles. The Morgan fingerprint density at radius 1 is 0.769 bits per heavy atom. The van der Waals surface area contributed by atoms with Gasteiger partial charge >= 0.3 is 0 Å². The molecule has 0 radical (unpaired) electrons. The van der Waals surface area contributed by atoms with Gasteiger partial charge in [-0.2, -0.15) is 0 Å². The van der Waals surface area contributed by atoms with Gasteiger partial charge in [0.25, 0.3) is 0 Å². The van der Waals surface area contributed by atoms with E-state index < -0.39 is 8.07 Å². The molecule has 0 nitrogen and oxygen atoms in total. The molecule has 0 N–H and O–H groups in total. The maximum atomic E-state index is 2.41. The van der Waals surface area contributed by atoms with Gasteiger partial charge in [-0.1, -0.05) is 42.5 Å². The minimum Gasteiger partial charge on any atom is -0.0656 e. The molecule has 1 heteroatoms. The van der Waals surface area contributed by atoms with Gasteiger partial charge in [-0.3, -0.25) is 0 Å². The molecule has 0 aliphatic rings. The van der Waals surface area contributed by atoms with E-state index in [9.17, 15) is 0 Å². The van der Waals surface area contributed by atoms with Crippen molar-refractivity contribution >= 4 is 13.3 Å². The summed E-state index contributed by atoms with van der Waals surface area (Å²) in [5.74, 6) is 0. The Bertz CT molecular complexity index is 319. The van der Waals surface area contributed by atoms with E-state index in [0.29, 0.717) is 0 Å². The molecule has 0 atom stereocenters. The van der Waals surface area contributed by atoms with Crippen LogP contribution in [-0.2, 0) is 0 Å². The fourth-order valence-corrected chi connectivity index (χ4v) is 3.67. The third-order valence-electron chi connectivity index (χ3n) is 2.65. The van der Waals surface area contributed by atoms with Crippen LogP contribution >= 0.6 is 0 Å². The Hall–Kier alpha value is -0.563. The zero-order valence-corrected chi connectivity index (χ0v) is 10.7. The highest BCUT2D eigenvalue weighted by atomic mass is 28.3. The molecule has 13 heavy (non-hydrogen) atoms. The molecule has 1 aromatic rings. The van der Waals surface area contributed by atoms with E-state index >= 15 is 0 Å². The molecule has 0 heterocycles. The second-order valence-electron chi connectivity index (χ2n) is 5.00. The molecule has 0 saturated carbocycles. The summed E-state index contributed by atoms with van der Waals surface area (Å²) in [6, 6.07) is 4.71. The van der Waals surface area contributed by atoms with Gasteiger partial charge in [0.1, 0.15) is 0 Å². The van der Waals surface area contributed by atoms with Gasteiger partial charge in [-0.15, -0.1) is 0 Å². The monoisotopic (exact) mass is 192 g/mol. The largest absolute Gasteiger partial charge is 0.0779 e. The van der Waals surface area contributed by atoms with Gasteiger partial charge in [0.15, 0.2) is 0 Å². The van der Waals surface area contributed by atoms with E-state index in [1.165, 1.54) is 16.7 Å². The second kappa shape index (κ2) is 3.30. The molecule has 0 aromatic heterocycles. The number of rotatable bonds is 1. The Kier molecular flexibility index (Phi) is 2.67. The van der Waals surface area contributed by atoms with Gasteiger partial charge in [0, 0.05) is 0 Å². The van der Waals surface area contributed by atoms with Crippen molar-refractivity contribution in [1.29, 1.82) is 0 Å². The first-order chi connectivity index (χ1) is 5.82. The van der Waals surface area contributed by atoms with Crippen LogP contribution in [0.3, 0.4) is 0 Å². The van der Waals surface area contributed by atoms with Crippen LogP contribution in [0.4, 0.5) is 0 Å². The normalized spacial score (nSPS) is 11.8. The van der Waals surface area contributed by atoms with Crippen LogP contribution in [0.2, 0.25) is 19.6 Å². The number of aryl methyl sites for hydroxylation is 3. The van der Waals surface area contributed by atoms with E-state index in [1.807, 2.05) is 0 Å². The van der Waals surface area contributed by atoms with Gasteiger partial charge in [0.05, 0.1) is 8.07 Å². The Labute approximate surface area is 83.0 Å². The lowest BCUT2D eigenvalue weighted by Crippen LogP contribution is -2.39. The predicted octanol–water partition coefficient (Wildman–Crippen LogP) is 3.16. The predicted molar refractivity (Wildman–Crippen MR) is 63.6 cm³/mol. The van der Waals surface area contributed by atoms with Crippen molar-refractivity contribution < 1.29 is 0 Å². The first-order valence-electron chi connectivity index (χ1n) is 4.90. The van der Waals surface area contributed by atoms with Gasteiger partial charge < -0.3 is 0 Å². The summed E-state index contributed by atoms with van der Waals surface area (Å²) in [5.41, 5.74) is 4.32. The van der Waals surface area contributed by atoms with Crippen LogP contribution in [0.15, 0.2) is 12.1 Å². The molecule has 1 rings (SSSR count). The van der Waals surface area contributed by atoms with Gasteiger partial charge in [0.2, 0.25) is 0 Å². The average Bonchev–Trinajstić information content (AvgIpc) is 1.94. The SMILES string of the molecule is Cc1cc(C)c([Si](C)(C)C)cc1C. The van der Waals surface area contributed by atoms with Crippen LogP contribution < -0.4 is 5.19 Å². The number of hydrogen-bond acceptors (Lipinski definition) is 0. The topological polar surface area (TPSA) is 0 Å². The lowest BCUT2D eigenvalue weighted by atomic mass is 10.1. The Morgan fingerprint density at radius 3 is 1.69 bits per heavy atom. The summed E-state index contributed by atoms with van der Waals surface area (Å²) in [6.45, 7) is 13.9. The molecule has 0 bridgehead atoms.